The molecular weight excluding hydrogens is 359 g/mol. The second kappa shape index (κ2) is 10.4. The number of hydrogen-bond acceptors (Lipinski definition) is 3. The van der Waals surface area contributed by atoms with Crippen LogP contribution in [0.15, 0.2) is 18.2 Å². The zero-order valence-electron chi connectivity index (χ0n) is 12.9. The van der Waals surface area contributed by atoms with Gasteiger partial charge in [-0.3, -0.25) is 4.79 Å². The largest absolute Gasteiger partial charge is 0.387 e. The van der Waals surface area contributed by atoms with E-state index in [1.807, 2.05) is 0 Å². The van der Waals surface area contributed by atoms with E-state index in [2.05, 4.69) is 10.6 Å². The number of hydrogen-bond donors (Lipinski definition) is 3. The van der Waals surface area contributed by atoms with E-state index in [0.717, 1.165) is 32.4 Å². The Hall–Kier alpha value is -0.520. The Kier molecular flexibility index (Phi) is 9.25. The molecule has 1 fully saturated rings. The Morgan fingerprint density at radius 1 is 1.35 bits per heavy atom. The Balaban J connectivity index is 0.00000264. The molecule has 1 saturated heterocycles. The highest BCUT2D eigenvalue weighted by Gasteiger charge is 2.16. The lowest BCUT2D eigenvalue weighted by Gasteiger charge is -2.22. The fourth-order valence-electron chi connectivity index (χ4n) is 2.69. The van der Waals surface area contributed by atoms with E-state index in [0.29, 0.717) is 27.9 Å². The number of carbonyl (C=O) groups is 1. The summed E-state index contributed by atoms with van der Waals surface area (Å²) in [6.07, 6.45) is 2.86. The summed E-state index contributed by atoms with van der Waals surface area (Å²) in [5.41, 5.74) is 0.574. The molecule has 4 nitrogen and oxygen atoms in total. The van der Waals surface area contributed by atoms with E-state index in [9.17, 15) is 9.90 Å². The first kappa shape index (κ1) is 20.5. The summed E-state index contributed by atoms with van der Waals surface area (Å²) in [5.74, 6) is 0.602. The molecule has 1 atom stereocenters. The third kappa shape index (κ3) is 6.86. The van der Waals surface area contributed by atoms with Gasteiger partial charge >= 0.3 is 0 Å². The quantitative estimate of drug-likeness (QED) is 0.708. The number of halogens is 3. The van der Waals surface area contributed by atoms with E-state index < -0.39 is 6.10 Å². The highest BCUT2D eigenvalue weighted by molar-refractivity contribution is 6.35. The predicted octanol–water partition coefficient (Wildman–Crippen LogP) is 3.34. The molecule has 0 aliphatic carbocycles. The molecule has 0 bridgehead atoms. The fourth-order valence-corrected chi connectivity index (χ4v) is 3.22. The number of carbonyl (C=O) groups excluding carboxylic acids is 1. The first-order valence-electron chi connectivity index (χ1n) is 7.66. The van der Waals surface area contributed by atoms with Crippen LogP contribution in [0.1, 0.15) is 37.4 Å². The topological polar surface area (TPSA) is 61.4 Å². The third-order valence-corrected chi connectivity index (χ3v) is 4.61. The van der Waals surface area contributed by atoms with Crippen LogP contribution in [0.5, 0.6) is 0 Å². The summed E-state index contributed by atoms with van der Waals surface area (Å²) in [5, 5.41) is 17.1. The molecule has 130 valence electrons. The first-order valence-corrected chi connectivity index (χ1v) is 8.42. The van der Waals surface area contributed by atoms with Crippen LogP contribution in [0.4, 0.5) is 0 Å². The van der Waals surface area contributed by atoms with Crippen LogP contribution in [0.3, 0.4) is 0 Å². The molecule has 1 heterocycles. The number of amides is 1. The Bertz CT molecular complexity index is 508. The van der Waals surface area contributed by atoms with Crippen molar-refractivity contribution in [3.8, 4) is 0 Å². The van der Waals surface area contributed by atoms with Gasteiger partial charge in [-0.05, 0) is 50.4 Å². The third-order valence-electron chi connectivity index (χ3n) is 4.05. The van der Waals surface area contributed by atoms with E-state index >= 15 is 0 Å². The molecule has 2 rings (SSSR count). The second-order valence-electron chi connectivity index (χ2n) is 5.72. The lowest BCUT2D eigenvalue weighted by atomic mass is 9.93. The normalized spacial score (nSPS) is 16.5. The summed E-state index contributed by atoms with van der Waals surface area (Å²) >= 11 is 11.9. The first-order chi connectivity index (χ1) is 10.6. The highest BCUT2D eigenvalue weighted by Crippen LogP contribution is 2.26. The summed E-state index contributed by atoms with van der Waals surface area (Å²) in [7, 11) is 0. The highest BCUT2D eigenvalue weighted by atomic mass is 35.5. The Labute approximate surface area is 153 Å². The van der Waals surface area contributed by atoms with Gasteiger partial charge < -0.3 is 15.7 Å². The van der Waals surface area contributed by atoms with Crippen molar-refractivity contribution < 1.29 is 9.90 Å². The second-order valence-corrected chi connectivity index (χ2v) is 6.56. The molecule has 1 aliphatic rings. The van der Waals surface area contributed by atoms with Gasteiger partial charge in [0.05, 0.1) is 6.10 Å². The SMILES string of the molecule is Cl.O=C(CCC1CCNCC1)NCC(O)c1ccc(Cl)cc1Cl. The van der Waals surface area contributed by atoms with Crippen LogP contribution in [-0.4, -0.2) is 30.6 Å². The summed E-state index contributed by atoms with van der Waals surface area (Å²) < 4.78 is 0. The van der Waals surface area contributed by atoms with Crippen LogP contribution in [0.2, 0.25) is 10.0 Å². The van der Waals surface area contributed by atoms with Gasteiger partial charge in [0.15, 0.2) is 0 Å². The fraction of sp³-hybridized carbons (Fsp3) is 0.562. The van der Waals surface area contributed by atoms with Gasteiger partial charge in [0, 0.05) is 28.6 Å². The van der Waals surface area contributed by atoms with Gasteiger partial charge in [0.25, 0.3) is 0 Å². The molecule has 0 spiro atoms. The van der Waals surface area contributed by atoms with E-state index in [1.54, 1.807) is 18.2 Å². The lowest BCUT2D eigenvalue weighted by molar-refractivity contribution is -0.121. The average molecular weight is 382 g/mol. The zero-order chi connectivity index (χ0) is 15.9. The predicted molar refractivity (Wildman–Crippen MR) is 96.5 cm³/mol. The monoisotopic (exact) mass is 380 g/mol. The summed E-state index contributed by atoms with van der Waals surface area (Å²) in [4.78, 5) is 11.9. The molecule has 1 aromatic carbocycles. The Morgan fingerprint density at radius 2 is 2.04 bits per heavy atom. The van der Waals surface area contributed by atoms with Crippen molar-refractivity contribution >= 4 is 41.5 Å². The van der Waals surface area contributed by atoms with Crippen molar-refractivity contribution in [2.75, 3.05) is 19.6 Å². The van der Waals surface area contributed by atoms with Gasteiger partial charge in [0.2, 0.25) is 5.91 Å². The minimum absolute atomic E-state index is 0. The molecule has 23 heavy (non-hydrogen) atoms. The summed E-state index contributed by atoms with van der Waals surface area (Å²) in [6.45, 7) is 2.24. The van der Waals surface area contributed by atoms with Gasteiger partial charge in [-0.25, -0.2) is 0 Å². The van der Waals surface area contributed by atoms with Crippen molar-refractivity contribution in [1.29, 1.82) is 0 Å². The molecule has 7 heteroatoms. The summed E-state index contributed by atoms with van der Waals surface area (Å²) in [6, 6.07) is 4.93. The molecule has 1 amide bonds. The van der Waals surface area contributed by atoms with Crippen molar-refractivity contribution in [2.45, 2.75) is 31.8 Å². The smallest absolute Gasteiger partial charge is 0.220 e. The van der Waals surface area contributed by atoms with Crippen LogP contribution in [0.25, 0.3) is 0 Å². The zero-order valence-corrected chi connectivity index (χ0v) is 15.2. The van der Waals surface area contributed by atoms with Crippen molar-refractivity contribution in [2.24, 2.45) is 5.92 Å². The van der Waals surface area contributed by atoms with Crippen molar-refractivity contribution in [1.82, 2.24) is 10.6 Å². The van der Waals surface area contributed by atoms with Gasteiger partial charge in [-0.15, -0.1) is 12.4 Å². The maximum atomic E-state index is 11.9. The van der Waals surface area contributed by atoms with Crippen LogP contribution in [0, 0.1) is 5.92 Å². The molecule has 3 N–H and O–H groups in total. The van der Waals surface area contributed by atoms with Crippen LogP contribution >= 0.6 is 35.6 Å². The Morgan fingerprint density at radius 3 is 2.70 bits per heavy atom. The minimum atomic E-state index is -0.826. The molecule has 0 radical (unpaired) electrons. The number of aliphatic hydroxyl groups is 1. The van der Waals surface area contributed by atoms with Gasteiger partial charge in [0.1, 0.15) is 0 Å². The van der Waals surface area contributed by atoms with E-state index in [1.165, 1.54) is 0 Å². The number of piperidine rings is 1. The van der Waals surface area contributed by atoms with Crippen LogP contribution < -0.4 is 10.6 Å². The maximum absolute atomic E-state index is 11.9. The molecule has 1 aromatic rings. The molecule has 1 unspecified atom stereocenters. The lowest BCUT2D eigenvalue weighted by Crippen LogP contribution is -2.31. The standard InChI is InChI=1S/C16H22Cl2N2O2.ClH/c17-12-2-3-13(14(18)9-12)15(21)10-20-16(22)4-1-11-5-7-19-8-6-11;/h2-3,9,11,15,19,21H,1,4-8,10H2,(H,20,22);1H. The number of benzene rings is 1. The molecule has 1 aliphatic heterocycles. The maximum Gasteiger partial charge on any atom is 0.220 e. The van der Waals surface area contributed by atoms with Gasteiger partial charge in [-0.2, -0.15) is 0 Å². The van der Waals surface area contributed by atoms with E-state index in [4.69, 9.17) is 23.2 Å². The average Bonchev–Trinajstić information content (AvgIpc) is 2.51. The number of aliphatic hydroxyl groups excluding tert-OH is 1. The number of nitrogens with one attached hydrogen (secondary N) is 2. The van der Waals surface area contributed by atoms with Crippen molar-refractivity contribution in [3.63, 3.8) is 0 Å². The van der Waals surface area contributed by atoms with Gasteiger partial charge in [-0.1, -0.05) is 29.3 Å². The minimum Gasteiger partial charge on any atom is -0.387 e. The molecule has 0 aromatic heterocycles. The van der Waals surface area contributed by atoms with Crippen molar-refractivity contribution in [3.05, 3.63) is 33.8 Å². The molecule has 0 saturated carbocycles. The van der Waals surface area contributed by atoms with E-state index in [-0.39, 0.29) is 24.9 Å². The number of rotatable bonds is 6. The van der Waals surface area contributed by atoms with Crippen LogP contribution in [-0.2, 0) is 4.79 Å². The molecular formula is C16H23Cl3N2O2.